The fourth-order valence-corrected chi connectivity index (χ4v) is 2.26. The third-order valence-corrected chi connectivity index (χ3v) is 3.34. The van der Waals surface area contributed by atoms with E-state index in [4.69, 9.17) is 4.74 Å². The van der Waals surface area contributed by atoms with Gasteiger partial charge in [0, 0.05) is 20.5 Å². The standard InChI is InChI=1S/C13H21NO3/c1-4-13(8-6-10-17-11(2)15)7-5-9-14(3)12(13)16/h6,8H,4-5,7,9-10H2,1-3H3/b8-6+. The molecule has 1 fully saturated rings. The lowest BCUT2D eigenvalue weighted by molar-refractivity contribution is -0.141. The Morgan fingerprint density at radius 1 is 1.59 bits per heavy atom. The molecule has 0 N–H and O–H groups in total. The Balaban J connectivity index is 2.67. The van der Waals surface area contributed by atoms with E-state index < -0.39 is 5.41 Å². The van der Waals surface area contributed by atoms with Crippen LogP contribution in [0.15, 0.2) is 12.2 Å². The van der Waals surface area contributed by atoms with Crippen molar-refractivity contribution in [2.75, 3.05) is 20.2 Å². The highest BCUT2D eigenvalue weighted by molar-refractivity contribution is 5.85. The molecule has 0 aromatic carbocycles. The molecule has 0 spiro atoms. The lowest BCUT2D eigenvalue weighted by atomic mass is 9.76. The molecule has 0 aliphatic carbocycles. The minimum atomic E-state index is -0.396. The van der Waals surface area contributed by atoms with Gasteiger partial charge in [0.25, 0.3) is 0 Å². The van der Waals surface area contributed by atoms with Gasteiger partial charge < -0.3 is 9.64 Å². The second-order valence-electron chi connectivity index (χ2n) is 4.54. The van der Waals surface area contributed by atoms with Gasteiger partial charge in [-0.05, 0) is 19.3 Å². The molecule has 96 valence electrons. The molecule has 1 heterocycles. The average molecular weight is 239 g/mol. The van der Waals surface area contributed by atoms with Crippen LogP contribution in [-0.2, 0) is 14.3 Å². The summed E-state index contributed by atoms with van der Waals surface area (Å²) in [5.74, 6) is -0.127. The summed E-state index contributed by atoms with van der Waals surface area (Å²) in [6, 6.07) is 0. The highest BCUT2D eigenvalue weighted by Crippen LogP contribution is 2.35. The molecule has 1 unspecified atom stereocenters. The molecular formula is C13H21NO3. The van der Waals surface area contributed by atoms with E-state index in [1.165, 1.54) is 6.92 Å². The monoisotopic (exact) mass is 239 g/mol. The number of carbonyl (C=O) groups is 2. The van der Waals surface area contributed by atoms with E-state index in [1.807, 2.05) is 20.0 Å². The Kier molecular flexibility index (Phi) is 4.73. The van der Waals surface area contributed by atoms with Gasteiger partial charge in [-0.1, -0.05) is 19.1 Å². The average Bonchev–Trinajstić information content (AvgIpc) is 2.30. The van der Waals surface area contributed by atoms with Crippen LogP contribution in [0.1, 0.15) is 33.1 Å². The van der Waals surface area contributed by atoms with Gasteiger partial charge in [0.15, 0.2) is 0 Å². The molecular weight excluding hydrogens is 218 g/mol. The Labute approximate surface area is 103 Å². The van der Waals surface area contributed by atoms with E-state index in [1.54, 1.807) is 11.0 Å². The second kappa shape index (κ2) is 5.84. The first kappa shape index (κ1) is 13.7. The summed E-state index contributed by atoms with van der Waals surface area (Å²) >= 11 is 0. The van der Waals surface area contributed by atoms with Gasteiger partial charge >= 0.3 is 5.97 Å². The van der Waals surface area contributed by atoms with Crippen LogP contribution in [0.4, 0.5) is 0 Å². The maximum Gasteiger partial charge on any atom is 0.302 e. The van der Waals surface area contributed by atoms with E-state index in [-0.39, 0.29) is 18.5 Å². The van der Waals surface area contributed by atoms with Crippen LogP contribution in [0.2, 0.25) is 0 Å². The predicted octanol–water partition coefficient (Wildman–Crippen LogP) is 1.75. The van der Waals surface area contributed by atoms with Crippen molar-refractivity contribution in [3.8, 4) is 0 Å². The quantitative estimate of drug-likeness (QED) is 0.554. The van der Waals surface area contributed by atoms with E-state index >= 15 is 0 Å². The smallest absolute Gasteiger partial charge is 0.302 e. The van der Waals surface area contributed by atoms with Crippen LogP contribution in [0.5, 0.6) is 0 Å². The molecule has 1 aliphatic heterocycles. The summed E-state index contributed by atoms with van der Waals surface area (Å²) < 4.78 is 4.83. The van der Waals surface area contributed by atoms with Gasteiger partial charge in [-0.25, -0.2) is 0 Å². The molecule has 4 nitrogen and oxygen atoms in total. The van der Waals surface area contributed by atoms with Crippen LogP contribution in [-0.4, -0.2) is 37.0 Å². The summed E-state index contributed by atoms with van der Waals surface area (Å²) in [6.07, 6.45) is 6.37. The minimum absolute atomic E-state index is 0.172. The van der Waals surface area contributed by atoms with Crippen molar-refractivity contribution in [1.29, 1.82) is 0 Å². The largest absolute Gasteiger partial charge is 0.462 e. The van der Waals surface area contributed by atoms with Crippen molar-refractivity contribution >= 4 is 11.9 Å². The molecule has 1 aliphatic rings. The Hall–Kier alpha value is -1.32. The summed E-state index contributed by atoms with van der Waals surface area (Å²) in [5, 5.41) is 0. The first-order valence-electron chi connectivity index (χ1n) is 6.08. The number of rotatable bonds is 4. The van der Waals surface area contributed by atoms with E-state index in [0.717, 1.165) is 25.8 Å². The Bertz CT molecular complexity index is 325. The molecule has 0 aromatic rings. The third-order valence-electron chi connectivity index (χ3n) is 3.34. The van der Waals surface area contributed by atoms with Crippen molar-refractivity contribution in [3.05, 3.63) is 12.2 Å². The van der Waals surface area contributed by atoms with Crippen LogP contribution in [0, 0.1) is 5.41 Å². The number of nitrogens with zero attached hydrogens (tertiary/aromatic N) is 1. The van der Waals surface area contributed by atoms with Crippen LogP contribution < -0.4 is 0 Å². The molecule has 4 heteroatoms. The van der Waals surface area contributed by atoms with Crippen LogP contribution in [0.25, 0.3) is 0 Å². The number of ether oxygens (including phenoxy) is 1. The lowest BCUT2D eigenvalue weighted by Gasteiger charge is -2.37. The molecule has 1 atom stereocenters. The van der Waals surface area contributed by atoms with Gasteiger partial charge in [-0.15, -0.1) is 0 Å². The molecule has 1 saturated heterocycles. The van der Waals surface area contributed by atoms with E-state index in [0.29, 0.717) is 0 Å². The summed E-state index contributed by atoms with van der Waals surface area (Å²) in [6.45, 7) is 4.47. The molecule has 17 heavy (non-hydrogen) atoms. The van der Waals surface area contributed by atoms with Crippen molar-refractivity contribution in [2.45, 2.75) is 33.1 Å². The van der Waals surface area contributed by atoms with Crippen LogP contribution >= 0.6 is 0 Å². The van der Waals surface area contributed by atoms with Crippen LogP contribution in [0.3, 0.4) is 0 Å². The van der Waals surface area contributed by atoms with Gasteiger partial charge in [0.05, 0.1) is 5.41 Å². The maximum absolute atomic E-state index is 12.2. The number of likely N-dealkylation sites (tertiary alicyclic amines) is 1. The summed E-state index contributed by atoms with van der Waals surface area (Å²) in [7, 11) is 1.84. The number of hydrogen-bond donors (Lipinski definition) is 0. The zero-order valence-electron chi connectivity index (χ0n) is 10.9. The molecule has 0 aromatic heterocycles. The molecule has 1 amide bonds. The normalized spacial score (nSPS) is 25.4. The fourth-order valence-electron chi connectivity index (χ4n) is 2.26. The maximum atomic E-state index is 12.2. The number of hydrogen-bond acceptors (Lipinski definition) is 3. The lowest BCUT2D eigenvalue weighted by Crippen LogP contribution is -2.45. The van der Waals surface area contributed by atoms with Crippen molar-refractivity contribution in [3.63, 3.8) is 0 Å². The summed E-state index contributed by atoms with van der Waals surface area (Å²) in [5.41, 5.74) is -0.396. The molecule has 0 radical (unpaired) electrons. The van der Waals surface area contributed by atoms with Crippen molar-refractivity contribution in [1.82, 2.24) is 4.90 Å². The zero-order chi connectivity index (χ0) is 12.9. The molecule has 0 saturated carbocycles. The number of carbonyl (C=O) groups excluding carboxylic acids is 2. The SMILES string of the molecule is CCC1(/C=C/COC(C)=O)CCCN(C)C1=O. The number of piperidine rings is 1. The van der Waals surface area contributed by atoms with Gasteiger partial charge in [0.2, 0.25) is 5.91 Å². The number of amides is 1. The Morgan fingerprint density at radius 2 is 2.29 bits per heavy atom. The first-order chi connectivity index (χ1) is 8.02. The zero-order valence-corrected chi connectivity index (χ0v) is 10.9. The van der Waals surface area contributed by atoms with Gasteiger partial charge in [-0.3, -0.25) is 9.59 Å². The minimum Gasteiger partial charge on any atom is -0.462 e. The topological polar surface area (TPSA) is 46.6 Å². The summed E-state index contributed by atoms with van der Waals surface area (Å²) in [4.78, 5) is 24.6. The van der Waals surface area contributed by atoms with E-state index in [2.05, 4.69) is 0 Å². The van der Waals surface area contributed by atoms with Gasteiger partial charge in [-0.2, -0.15) is 0 Å². The third kappa shape index (κ3) is 3.32. The highest BCUT2D eigenvalue weighted by atomic mass is 16.5. The van der Waals surface area contributed by atoms with Crippen molar-refractivity contribution in [2.24, 2.45) is 5.41 Å². The first-order valence-corrected chi connectivity index (χ1v) is 6.08. The molecule has 0 bridgehead atoms. The number of esters is 1. The van der Waals surface area contributed by atoms with Gasteiger partial charge in [0.1, 0.15) is 6.61 Å². The second-order valence-corrected chi connectivity index (χ2v) is 4.54. The molecule has 1 rings (SSSR count). The van der Waals surface area contributed by atoms with Crippen molar-refractivity contribution < 1.29 is 14.3 Å². The Morgan fingerprint density at radius 3 is 2.88 bits per heavy atom. The predicted molar refractivity (Wildman–Crippen MR) is 65.4 cm³/mol. The highest BCUT2D eigenvalue weighted by Gasteiger charge is 2.38. The fraction of sp³-hybridized carbons (Fsp3) is 0.692. The van der Waals surface area contributed by atoms with E-state index in [9.17, 15) is 9.59 Å².